The van der Waals surface area contributed by atoms with Crippen LogP contribution in [0, 0.1) is 11.6 Å². The maximum Gasteiger partial charge on any atom is 0.212 e. The van der Waals surface area contributed by atoms with E-state index in [0.717, 1.165) is 11.6 Å². The number of hydrogen-bond acceptors (Lipinski definition) is 3. The van der Waals surface area contributed by atoms with E-state index in [4.69, 9.17) is 4.74 Å². The van der Waals surface area contributed by atoms with Crippen molar-refractivity contribution in [2.24, 2.45) is 0 Å². The van der Waals surface area contributed by atoms with Crippen molar-refractivity contribution in [2.45, 2.75) is 13.1 Å². The predicted octanol–water partition coefficient (Wildman–Crippen LogP) is 2.66. The number of nitrogens with zero attached hydrogens (tertiary/aromatic N) is 1. The topological polar surface area (TPSA) is 34.1 Å². The van der Waals surface area contributed by atoms with Crippen LogP contribution in [0.2, 0.25) is 0 Å². The van der Waals surface area contributed by atoms with Gasteiger partial charge in [-0.25, -0.2) is 13.8 Å². The standard InChI is InChI=1S/C14H14F2N2O/c1-19-14-5-3-11(9-18-14)8-17-7-10-2-4-12(15)13(16)6-10/h2-6,9,17H,7-8H2,1H3. The van der Waals surface area contributed by atoms with Gasteiger partial charge in [0.15, 0.2) is 11.6 Å². The molecule has 1 aromatic carbocycles. The molecule has 0 aliphatic carbocycles. The summed E-state index contributed by atoms with van der Waals surface area (Å²) in [7, 11) is 1.56. The molecule has 100 valence electrons. The Morgan fingerprint density at radius 3 is 2.42 bits per heavy atom. The van der Waals surface area contributed by atoms with Crippen molar-refractivity contribution in [3.63, 3.8) is 0 Å². The SMILES string of the molecule is COc1ccc(CNCc2ccc(F)c(F)c2)cn1. The fourth-order valence-electron chi connectivity index (χ4n) is 1.64. The number of ether oxygens (including phenoxy) is 1. The van der Waals surface area contributed by atoms with Gasteiger partial charge in [0.2, 0.25) is 5.88 Å². The lowest BCUT2D eigenvalue weighted by atomic mass is 10.2. The van der Waals surface area contributed by atoms with Crippen LogP contribution in [-0.2, 0) is 13.1 Å². The maximum absolute atomic E-state index is 13.0. The summed E-state index contributed by atoms with van der Waals surface area (Å²) in [5.74, 6) is -1.10. The van der Waals surface area contributed by atoms with Crippen LogP contribution in [0.5, 0.6) is 5.88 Å². The first-order chi connectivity index (χ1) is 9.19. The van der Waals surface area contributed by atoms with Gasteiger partial charge in [-0.2, -0.15) is 0 Å². The highest BCUT2D eigenvalue weighted by molar-refractivity contribution is 5.19. The van der Waals surface area contributed by atoms with E-state index in [1.165, 1.54) is 6.07 Å². The molecule has 0 bridgehead atoms. The Bertz CT molecular complexity index is 544. The number of hydrogen-bond donors (Lipinski definition) is 1. The van der Waals surface area contributed by atoms with Gasteiger partial charge in [0.05, 0.1) is 7.11 Å². The van der Waals surface area contributed by atoms with Crippen molar-refractivity contribution >= 4 is 0 Å². The summed E-state index contributed by atoms with van der Waals surface area (Å²) in [6.07, 6.45) is 1.71. The van der Waals surface area contributed by atoms with Gasteiger partial charge in [0.1, 0.15) is 0 Å². The van der Waals surface area contributed by atoms with Crippen LogP contribution >= 0.6 is 0 Å². The zero-order valence-electron chi connectivity index (χ0n) is 10.5. The van der Waals surface area contributed by atoms with Crippen molar-refractivity contribution in [1.29, 1.82) is 0 Å². The van der Waals surface area contributed by atoms with E-state index >= 15 is 0 Å². The first-order valence-electron chi connectivity index (χ1n) is 5.82. The van der Waals surface area contributed by atoms with Crippen molar-refractivity contribution in [3.05, 3.63) is 59.3 Å². The molecule has 0 fully saturated rings. The monoisotopic (exact) mass is 264 g/mol. The summed E-state index contributed by atoms with van der Waals surface area (Å²) in [6, 6.07) is 7.53. The molecule has 0 unspecified atom stereocenters. The minimum Gasteiger partial charge on any atom is -0.481 e. The smallest absolute Gasteiger partial charge is 0.212 e. The molecule has 1 aromatic heterocycles. The molecule has 0 amide bonds. The molecule has 0 atom stereocenters. The highest BCUT2D eigenvalue weighted by Gasteiger charge is 2.02. The fraction of sp³-hybridized carbons (Fsp3) is 0.214. The molecule has 0 saturated heterocycles. The van der Waals surface area contributed by atoms with E-state index in [-0.39, 0.29) is 0 Å². The van der Waals surface area contributed by atoms with Crippen molar-refractivity contribution in [2.75, 3.05) is 7.11 Å². The number of pyridine rings is 1. The summed E-state index contributed by atoms with van der Waals surface area (Å²) in [4.78, 5) is 4.08. The first kappa shape index (κ1) is 13.4. The number of nitrogens with one attached hydrogen (secondary N) is 1. The summed E-state index contributed by atoms with van der Waals surface area (Å²) < 4.78 is 30.7. The number of methoxy groups -OCH3 is 1. The maximum atomic E-state index is 13.0. The van der Waals surface area contributed by atoms with Crippen LogP contribution in [0.4, 0.5) is 8.78 Å². The van der Waals surface area contributed by atoms with Crippen molar-refractivity contribution in [3.8, 4) is 5.88 Å². The number of rotatable bonds is 5. The molecule has 0 saturated carbocycles. The molecule has 0 aliphatic rings. The number of benzene rings is 1. The molecule has 2 aromatic rings. The number of aromatic nitrogens is 1. The molecule has 19 heavy (non-hydrogen) atoms. The predicted molar refractivity (Wildman–Crippen MR) is 67.7 cm³/mol. The Labute approximate surface area is 110 Å². The molecule has 1 heterocycles. The zero-order chi connectivity index (χ0) is 13.7. The van der Waals surface area contributed by atoms with Gasteiger partial charge < -0.3 is 10.1 Å². The lowest BCUT2D eigenvalue weighted by Crippen LogP contribution is -2.13. The minimum atomic E-state index is -0.830. The van der Waals surface area contributed by atoms with Crippen LogP contribution in [-0.4, -0.2) is 12.1 Å². The van der Waals surface area contributed by atoms with Gasteiger partial charge in [0.25, 0.3) is 0 Å². The van der Waals surface area contributed by atoms with Crippen LogP contribution in [0.15, 0.2) is 36.5 Å². The lowest BCUT2D eigenvalue weighted by molar-refractivity contribution is 0.397. The van der Waals surface area contributed by atoms with Gasteiger partial charge in [-0.1, -0.05) is 12.1 Å². The van der Waals surface area contributed by atoms with Crippen molar-refractivity contribution in [1.82, 2.24) is 10.3 Å². The van der Waals surface area contributed by atoms with Crippen LogP contribution in [0.25, 0.3) is 0 Å². The Hall–Kier alpha value is -2.01. The lowest BCUT2D eigenvalue weighted by Gasteiger charge is -2.06. The third-order valence-electron chi connectivity index (χ3n) is 2.65. The van der Waals surface area contributed by atoms with Gasteiger partial charge in [-0.3, -0.25) is 0 Å². The molecule has 2 rings (SSSR count). The second-order valence-corrected chi connectivity index (χ2v) is 4.06. The first-order valence-corrected chi connectivity index (χ1v) is 5.82. The molecule has 3 nitrogen and oxygen atoms in total. The Balaban J connectivity index is 1.86. The third kappa shape index (κ3) is 3.72. The highest BCUT2D eigenvalue weighted by atomic mass is 19.2. The molecular formula is C14H14F2N2O. The quantitative estimate of drug-likeness (QED) is 0.901. The summed E-state index contributed by atoms with van der Waals surface area (Å²) in [6.45, 7) is 1.05. The Morgan fingerprint density at radius 1 is 1.05 bits per heavy atom. The van der Waals surface area contributed by atoms with E-state index in [9.17, 15) is 8.78 Å². The normalized spacial score (nSPS) is 10.5. The van der Waals surface area contributed by atoms with E-state index in [1.807, 2.05) is 6.07 Å². The zero-order valence-corrected chi connectivity index (χ0v) is 10.5. The molecule has 0 spiro atoms. The second-order valence-electron chi connectivity index (χ2n) is 4.06. The number of halogens is 2. The van der Waals surface area contributed by atoms with Gasteiger partial charge in [-0.05, 0) is 23.3 Å². The van der Waals surface area contributed by atoms with Crippen LogP contribution < -0.4 is 10.1 Å². The van der Waals surface area contributed by atoms with E-state index < -0.39 is 11.6 Å². The van der Waals surface area contributed by atoms with Crippen LogP contribution in [0.3, 0.4) is 0 Å². The Kier molecular flexibility index (Phi) is 4.41. The molecule has 1 N–H and O–H groups in total. The second kappa shape index (κ2) is 6.24. The molecule has 0 radical (unpaired) electrons. The van der Waals surface area contributed by atoms with E-state index in [2.05, 4.69) is 10.3 Å². The van der Waals surface area contributed by atoms with E-state index in [1.54, 1.807) is 25.4 Å². The van der Waals surface area contributed by atoms with E-state index in [0.29, 0.717) is 24.5 Å². The van der Waals surface area contributed by atoms with Gasteiger partial charge >= 0.3 is 0 Å². The minimum absolute atomic E-state index is 0.462. The highest BCUT2D eigenvalue weighted by Crippen LogP contribution is 2.09. The average molecular weight is 264 g/mol. The average Bonchev–Trinajstić information content (AvgIpc) is 2.43. The summed E-state index contributed by atoms with van der Waals surface area (Å²) in [5.41, 5.74) is 1.68. The van der Waals surface area contributed by atoms with Crippen molar-refractivity contribution < 1.29 is 13.5 Å². The Morgan fingerprint density at radius 2 is 1.79 bits per heavy atom. The van der Waals surface area contributed by atoms with Gasteiger partial charge in [0, 0.05) is 25.4 Å². The van der Waals surface area contributed by atoms with Gasteiger partial charge in [-0.15, -0.1) is 0 Å². The molecular weight excluding hydrogens is 250 g/mol. The fourth-order valence-corrected chi connectivity index (χ4v) is 1.64. The van der Waals surface area contributed by atoms with Crippen LogP contribution in [0.1, 0.15) is 11.1 Å². The third-order valence-corrected chi connectivity index (χ3v) is 2.65. The summed E-state index contributed by atoms with van der Waals surface area (Å²) in [5, 5.41) is 3.13. The molecule has 0 aliphatic heterocycles. The largest absolute Gasteiger partial charge is 0.481 e. The summed E-state index contributed by atoms with van der Waals surface area (Å²) >= 11 is 0. The molecule has 5 heteroatoms.